The summed E-state index contributed by atoms with van der Waals surface area (Å²) in [6, 6.07) is 7.92. The number of rotatable bonds is 5. The SMILES string of the molecule is CSCCCn1ccc2cccc(C=O)c21. The summed E-state index contributed by atoms with van der Waals surface area (Å²) in [6.45, 7) is 0.981. The van der Waals surface area contributed by atoms with Crippen LogP contribution in [0.15, 0.2) is 30.5 Å². The number of aldehydes is 1. The first-order chi connectivity index (χ1) is 7.86. The average molecular weight is 233 g/mol. The fourth-order valence-corrected chi connectivity index (χ4v) is 2.37. The smallest absolute Gasteiger partial charge is 0.152 e. The minimum absolute atomic E-state index is 0.784. The summed E-state index contributed by atoms with van der Waals surface area (Å²) < 4.78 is 2.18. The molecule has 0 radical (unpaired) electrons. The first-order valence-corrected chi connectivity index (χ1v) is 6.78. The van der Waals surface area contributed by atoms with E-state index in [0.29, 0.717) is 0 Å². The predicted octanol–water partition coefficient (Wildman–Crippen LogP) is 3.21. The number of para-hydroxylation sites is 1. The molecule has 0 aliphatic rings. The summed E-state index contributed by atoms with van der Waals surface area (Å²) in [5.41, 5.74) is 1.85. The Balaban J connectivity index is 2.34. The fourth-order valence-electron chi connectivity index (χ4n) is 1.95. The van der Waals surface area contributed by atoms with Crippen LogP contribution in [0.3, 0.4) is 0 Å². The predicted molar refractivity (Wildman–Crippen MR) is 70.3 cm³/mol. The fraction of sp³-hybridized carbons (Fsp3) is 0.308. The standard InChI is InChI=1S/C13H15NOS/c1-16-9-3-7-14-8-6-11-4-2-5-12(10-15)13(11)14/h2,4-6,8,10H,3,7,9H2,1H3. The average Bonchev–Trinajstić information content (AvgIpc) is 2.73. The van der Waals surface area contributed by atoms with E-state index in [0.717, 1.165) is 41.5 Å². The number of hydrogen-bond donors (Lipinski definition) is 0. The zero-order chi connectivity index (χ0) is 11.4. The van der Waals surface area contributed by atoms with Crippen LogP contribution < -0.4 is 0 Å². The summed E-state index contributed by atoms with van der Waals surface area (Å²) in [5, 5.41) is 1.15. The van der Waals surface area contributed by atoms with E-state index in [1.54, 1.807) is 0 Å². The van der Waals surface area contributed by atoms with Gasteiger partial charge in [-0.05, 0) is 30.6 Å². The minimum Gasteiger partial charge on any atom is -0.347 e. The van der Waals surface area contributed by atoms with Crippen LogP contribution in [-0.4, -0.2) is 22.9 Å². The van der Waals surface area contributed by atoms with Crippen molar-refractivity contribution in [3.8, 4) is 0 Å². The Bertz CT molecular complexity index is 490. The number of hydrogen-bond acceptors (Lipinski definition) is 2. The molecule has 2 aromatic rings. The highest BCUT2D eigenvalue weighted by molar-refractivity contribution is 7.98. The Morgan fingerprint density at radius 1 is 1.38 bits per heavy atom. The molecule has 2 rings (SSSR count). The number of carbonyl (C=O) groups excluding carboxylic acids is 1. The molecule has 1 aromatic carbocycles. The Labute approximate surface area is 99.6 Å². The van der Waals surface area contributed by atoms with Gasteiger partial charge in [-0.15, -0.1) is 0 Å². The lowest BCUT2D eigenvalue weighted by Gasteiger charge is -2.06. The van der Waals surface area contributed by atoms with Gasteiger partial charge in [0.2, 0.25) is 0 Å². The monoisotopic (exact) mass is 233 g/mol. The van der Waals surface area contributed by atoms with Gasteiger partial charge in [-0.1, -0.05) is 12.1 Å². The van der Waals surface area contributed by atoms with Crippen LogP contribution in [-0.2, 0) is 6.54 Å². The topological polar surface area (TPSA) is 22.0 Å². The van der Waals surface area contributed by atoms with E-state index in [1.165, 1.54) is 0 Å². The molecule has 0 saturated heterocycles. The highest BCUT2D eigenvalue weighted by atomic mass is 32.2. The van der Waals surface area contributed by atoms with Crippen molar-refractivity contribution < 1.29 is 4.79 Å². The van der Waals surface area contributed by atoms with Crippen LogP contribution >= 0.6 is 11.8 Å². The van der Waals surface area contributed by atoms with Gasteiger partial charge in [0.15, 0.2) is 6.29 Å². The molecular weight excluding hydrogens is 218 g/mol. The number of aryl methyl sites for hydroxylation is 1. The molecule has 0 unspecified atom stereocenters. The second kappa shape index (κ2) is 5.21. The molecule has 0 saturated carbocycles. The molecule has 0 N–H and O–H groups in total. The van der Waals surface area contributed by atoms with E-state index >= 15 is 0 Å². The van der Waals surface area contributed by atoms with Crippen LogP contribution in [0.5, 0.6) is 0 Å². The molecule has 2 nitrogen and oxygen atoms in total. The first-order valence-electron chi connectivity index (χ1n) is 5.39. The molecule has 0 fully saturated rings. The molecule has 16 heavy (non-hydrogen) atoms. The van der Waals surface area contributed by atoms with Gasteiger partial charge in [-0.3, -0.25) is 4.79 Å². The minimum atomic E-state index is 0.784. The van der Waals surface area contributed by atoms with Crippen LogP contribution in [0.25, 0.3) is 10.9 Å². The molecule has 3 heteroatoms. The molecule has 0 amide bonds. The van der Waals surface area contributed by atoms with Crippen molar-refractivity contribution in [1.29, 1.82) is 0 Å². The third-order valence-electron chi connectivity index (χ3n) is 2.69. The van der Waals surface area contributed by atoms with Crippen molar-refractivity contribution in [2.75, 3.05) is 12.0 Å². The molecule has 0 atom stereocenters. The van der Waals surface area contributed by atoms with E-state index in [4.69, 9.17) is 0 Å². The van der Waals surface area contributed by atoms with E-state index in [9.17, 15) is 4.79 Å². The molecule has 0 spiro atoms. The van der Waals surface area contributed by atoms with E-state index in [1.807, 2.05) is 30.0 Å². The van der Waals surface area contributed by atoms with Gasteiger partial charge in [-0.25, -0.2) is 0 Å². The summed E-state index contributed by atoms with van der Waals surface area (Å²) in [7, 11) is 0. The molecule has 0 aliphatic carbocycles. The molecule has 84 valence electrons. The lowest BCUT2D eigenvalue weighted by atomic mass is 10.1. The van der Waals surface area contributed by atoms with Gasteiger partial charge in [0.05, 0.1) is 5.52 Å². The van der Waals surface area contributed by atoms with Gasteiger partial charge in [0.25, 0.3) is 0 Å². The lowest BCUT2D eigenvalue weighted by molar-refractivity contribution is 0.112. The zero-order valence-electron chi connectivity index (χ0n) is 9.35. The van der Waals surface area contributed by atoms with Crippen LogP contribution in [0.1, 0.15) is 16.8 Å². The largest absolute Gasteiger partial charge is 0.347 e. The van der Waals surface area contributed by atoms with Crippen molar-refractivity contribution in [3.05, 3.63) is 36.0 Å². The van der Waals surface area contributed by atoms with Crippen LogP contribution in [0.2, 0.25) is 0 Å². The second-order valence-corrected chi connectivity index (χ2v) is 4.74. The molecular formula is C13H15NOS. The number of nitrogens with zero attached hydrogens (tertiary/aromatic N) is 1. The van der Waals surface area contributed by atoms with Gasteiger partial charge in [-0.2, -0.15) is 11.8 Å². The van der Waals surface area contributed by atoms with Crippen LogP contribution in [0.4, 0.5) is 0 Å². The van der Waals surface area contributed by atoms with E-state index < -0.39 is 0 Å². The number of fused-ring (bicyclic) bond motifs is 1. The molecule has 0 bridgehead atoms. The summed E-state index contributed by atoms with van der Waals surface area (Å²) in [5.74, 6) is 1.16. The Kier molecular flexibility index (Phi) is 3.67. The number of carbonyl (C=O) groups is 1. The summed E-state index contributed by atoms with van der Waals surface area (Å²) in [4.78, 5) is 11.0. The molecule has 1 aromatic heterocycles. The maximum atomic E-state index is 11.0. The quantitative estimate of drug-likeness (QED) is 0.584. The highest BCUT2D eigenvalue weighted by Crippen LogP contribution is 2.19. The van der Waals surface area contributed by atoms with Crippen molar-refractivity contribution in [1.82, 2.24) is 4.57 Å². The number of thioether (sulfide) groups is 1. The van der Waals surface area contributed by atoms with E-state index in [-0.39, 0.29) is 0 Å². The Morgan fingerprint density at radius 3 is 3.00 bits per heavy atom. The number of aromatic nitrogens is 1. The van der Waals surface area contributed by atoms with Crippen molar-refractivity contribution >= 4 is 29.0 Å². The van der Waals surface area contributed by atoms with Gasteiger partial charge in [0, 0.05) is 23.7 Å². The molecule has 0 aliphatic heterocycles. The maximum Gasteiger partial charge on any atom is 0.152 e. The molecule has 1 heterocycles. The highest BCUT2D eigenvalue weighted by Gasteiger charge is 2.05. The van der Waals surface area contributed by atoms with Gasteiger partial charge >= 0.3 is 0 Å². The Morgan fingerprint density at radius 2 is 2.25 bits per heavy atom. The zero-order valence-corrected chi connectivity index (χ0v) is 10.2. The third-order valence-corrected chi connectivity index (χ3v) is 3.39. The van der Waals surface area contributed by atoms with Crippen LogP contribution in [0, 0.1) is 0 Å². The van der Waals surface area contributed by atoms with Gasteiger partial charge < -0.3 is 4.57 Å². The van der Waals surface area contributed by atoms with Gasteiger partial charge in [0.1, 0.15) is 0 Å². The Hall–Kier alpha value is -1.22. The van der Waals surface area contributed by atoms with Crippen molar-refractivity contribution in [3.63, 3.8) is 0 Å². The van der Waals surface area contributed by atoms with Crippen molar-refractivity contribution in [2.45, 2.75) is 13.0 Å². The maximum absolute atomic E-state index is 11.0. The second-order valence-electron chi connectivity index (χ2n) is 3.76. The number of benzene rings is 1. The van der Waals surface area contributed by atoms with Crippen molar-refractivity contribution in [2.24, 2.45) is 0 Å². The third kappa shape index (κ3) is 2.14. The summed E-state index contributed by atoms with van der Waals surface area (Å²) in [6.07, 6.45) is 6.26. The first kappa shape index (κ1) is 11.3. The lowest BCUT2D eigenvalue weighted by Crippen LogP contribution is -1.99. The van der Waals surface area contributed by atoms with E-state index in [2.05, 4.69) is 23.1 Å². The summed E-state index contributed by atoms with van der Waals surface area (Å²) >= 11 is 1.86. The normalized spacial score (nSPS) is 10.8.